The predicted octanol–water partition coefficient (Wildman–Crippen LogP) is 0.692. The summed E-state index contributed by atoms with van der Waals surface area (Å²) in [6, 6.07) is 5.27. The predicted molar refractivity (Wildman–Crippen MR) is 90.8 cm³/mol. The van der Waals surface area contributed by atoms with Crippen LogP contribution in [0, 0.1) is 5.82 Å². The van der Waals surface area contributed by atoms with Gasteiger partial charge in [-0.15, -0.1) is 0 Å². The Bertz CT molecular complexity index is 784. The lowest BCUT2D eigenvalue weighted by atomic mass is 10.1. The molecule has 3 N–H and O–H groups in total. The van der Waals surface area contributed by atoms with E-state index in [9.17, 15) is 14.0 Å². The van der Waals surface area contributed by atoms with E-state index in [1.807, 2.05) is 0 Å². The fourth-order valence-corrected chi connectivity index (χ4v) is 2.95. The zero-order chi connectivity index (χ0) is 16.9. The molecule has 7 heteroatoms. The van der Waals surface area contributed by atoms with Crippen molar-refractivity contribution in [3.8, 4) is 0 Å². The van der Waals surface area contributed by atoms with Gasteiger partial charge < -0.3 is 20.5 Å². The minimum Gasteiger partial charge on any atom is -0.352 e. The summed E-state index contributed by atoms with van der Waals surface area (Å²) in [6.45, 7) is 5.53. The van der Waals surface area contributed by atoms with Crippen LogP contribution in [-0.2, 0) is 0 Å². The second kappa shape index (κ2) is 7.55. The van der Waals surface area contributed by atoms with Crippen LogP contribution in [0.1, 0.15) is 16.8 Å². The van der Waals surface area contributed by atoms with Crippen LogP contribution in [0.3, 0.4) is 0 Å². The lowest BCUT2D eigenvalue weighted by Crippen LogP contribution is -2.44. The van der Waals surface area contributed by atoms with Crippen LogP contribution in [0.2, 0.25) is 0 Å². The molecular weight excluding hydrogens is 311 g/mol. The first-order chi connectivity index (χ1) is 11.6. The fraction of sp³-hybridized carbons (Fsp3) is 0.412. The highest BCUT2D eigenvalue weighted by molar-refractivity contribution is 6.05. The van der Waals surface area contributed by atoms with Crippen LogP contribution >= 0.6 is 0 Å². The lowest BCUT2D eigenvalue weighted by molar-refractivity contribution is 0.0952. The van der Waals surface area contributed by atoms with Gasteiger partial charge >= 0.3 is 0 Å². The maximum atomic E-state index is 13.3. The number of nitrogens with one attached hydrogen (secondary N) is 3. The number of hydrogen-bond donors (Lipinski definition) is 3. The molecule has 0 saturated carbocycles. The molecule has 6 nitrogen and oxygen atoms in total. The van der Waals surface area contributed by atoms with Crippen LogP contribution < -0.4 is 16.2 Å². The Morgan fingerprint density at radius 1 is 1.25 bits per heavy atom. The topological polar surface area (TPSA) is 77.2 Å². The average molecular weight is 332 g/mol. The molecule has 128 valence electrons. The van der Waals surface area contributed by atoms with Gasteiger partial charge in [-0.1, -0.05) is 0 Å². The van der Waals surface area contributed by atoms with E-state index in [1.54, 1.807) is 0 Å². The molecule has 0 aliphatic carbocycles. The van der Waals surface area contributed by atoms with E-state index < -0.39 is 11.4 Å². The Morgan fingerprint density at radius 3 is 2.83 bits per heavy atom. The number of amides is 1. The number of fused-ring (bicyclic) bond motifs is 1. The van der Waals surface area contributed by atoms with Gasteiger partial charge in [0.05, 0.1) is 11.1 Å². The van der Waals surface area contributed by atoms with Crippen LogP contribution in [0.4, 0.5) is 4.39 Å². The monoisotopic (exact) mass is 332 g/mol. The van der Waals surface area contributed by atoms with E-state index in [4.69, 9.17) is 0 Å². The number of aromatic nitrogens is 1. The van der Waals surface area contributed by atoms with Crippen molar-refractivity contribution in [2.45, 2.75) is 6.42 Å². The van der Waals surface area contributed by atoms with Gasteiger partial charge in [0.15, 0.2) is 0 Å². The lowest BCUT2D eigenvalue weighted by Gasteiger charge is -2.27. The average Bonchev–Trinajstić information content (AvgIpc) is 2.58. The third kappa shape index (κ3) is 3.98. The maximum Gasteiger partial charge on any atom is 0.252 e. The third-order valence-electron chi connectivity index (χ3n) is 4.20. The summed E-state index contributed by atoms with van der Waals surface area (Å²) >= 11 is 0. The summed E-state index contributed by atoms with van der Waals surface area (Å²) in [7, 11) is 0. The Labute approximate surface area is 139 Å². The van der Waals surface area contributed by atoms with Crippen molar-refractivity contribution in [2.24, 2.45) is 0 Å². The Kier molecular flexibility index (Phi) is 5.22. The van der Waals surface area contributed by atoms with E-state index in [0.29, 0.717) is 17.4 Å². The molecule has 1 saturated heterocycles. The van der Waals surface area contributed by atoms with Gasteiger partial charge in [-0.2, -0.15) is 0 Å². The summed E-state index contributed by atoms with van der Waals surface area (Å²) in [5.74, 6) is -0.759. The molecule has 1 aliphatic rings. The zero-order valence-corrected chi connectivity index (χ0v) is 13.4. The Balaban J connectivity index is 1.62. The van der Waals surface area contributed by atoms with Gasteiger partial charge in [0.2, 0.25) is 5.56 Å². The van der Waals surface area contributed by atoms with E-state index in [2.05, 4.69) is 20.5 Å². The van der Waals surface area contributed by atoms with E-state index in [0.717, 1.165) is 39.1 Å². The van der Waals surface area contributed by atoms with E-state index in [1.165, 1.54) is 24.3 Å². The number of carbonyl (C=O) groups excluding carboxylic acids is 1. The van der Waals surface area contributed by atoms with Crippen LogP contribution in [0.15, 0.2) is 29.1 Å². The number of hydrogen-bond acceptors (Lipinski definition) is 4. The molecule has 0 atom stereocenters. The number of nitrogens with zero attached hydrogens (tertiary/aromatic N) is 1. The largest absolute Gasteiger partial charge is 0.352 e. The van der Waals surface area contributed by atoms with Crippen molar-refractivity contribution in [1.82, 2.24) is 20.5 Å². The summed E-state index contributed by atoms with van der Waals surface area (Å²) in [4.78, 5) is 29.0. The molecular formula is C17H21FN4O2. The zero-order valence-electron chi connectivity index (χ0n) is 13.4. The second-order valence-electron chi connectivity index (χ2n) is 5.94. The van der Waals surface area contributed by atoms with Gasteiger partial charge in [-0.25, -0.2) is 4.39 Å². The summed E-state index contributed by atoms with van der Waals surface area (Å²) in [6.07, 6.45) is 0.849. The van der Waals surface area contributed by atoms with Crippen LogP contribution in [-0.4, -0.2) is 55.1 Å². The molecule has 1 aliphatic heterocycles. The van der Waals surface area contributed by atoms with E-state index in [-0.39, 0.29) is 11.5 Å². The summed E-state index contributed by atoms with van der Waals surface area (Å²) in [5.41, 5.74) is 0.184. The van der Waals surface area contributed by atoms with Crippen LogP contribution in [0.25, 0.3) is 10.9 Å². The third-order valence-corrected chi connectivity index (χ3v) is 4.20. The molecule has 24 heavy (non-hydrogen) atoms. The normalized spacial score (nSPS) is 15.5. The number of benzene rings is 1. The molecule has 1 aromatic carbocycles. The highest BCUT2D eigenvalue weighted by Crippen LogP contribution is 2.16. The number of rotatable bonds is 5. The maximum absolute atomic E-state index is 13.3. The Morgan fingerprint density at radius 2 is 2.04 bits per heavy atom. The molecule has 0 spiro atoms. The first-order valence-electron chi connectivity index (χ1n) is 8.17. The highest BCUT2D eigenvalue weighted by Gasteiger charge is 2.13. The number of halogens is 1. The SMILES string of the molecule is O=C(NCCCN1CCNCC1)c1cc(=O)[nH]c2cc(F)ccc12. The minimum absolute atomic E-state index is 0.274. The molecule has 0 unspecified atom stereocenters. The number of aromatic amines is 1. The van der Waals surface area contributed by atoms with Crippen molar-refractivity contribution in [3.05, 3.63) is 46.0 Å². The molecule has 3 rings (SSSR count). The van der Waals surface area contributed by atoms with Crippen molar-refractivity contribution < 1.29 is 9.18 Å². The molecule has 1 amide bonds. The van der Waals surface area contributed by atoms with Crippen molar-refractivity contribution in [2.75, 3.05) is 39.3 Å². The molecule has 1 aromatic heterocycles. The van der Waals surface area contributed by atoms with Gasteiger partial charge in [-0.3, -0.25) is 9.59 Å². The molecule has 2 aromatic rings. The Hall–Kier alpha value is -2.25. The molecule has 0 bridgehead atoms. The quantitative estimate of drug-likeness (QED) is 0.704. The highest BCUT2D eigenvalue weighted by atomic mass is 19.1. The second-order valence-corrected chi connectivity index (χ2v) is 5.94. The molecule has 1 fully saturated rings. The van der Waals surface area contributed by atoms with Gasteiger partial charge in [0.25, 0.3) is 5.91 Å². The van der Waals surface area contributed by atoms with Crippen molar-refractivity contribution >= 4 is 16.8 Å². The number of piperazine rings is 1. The van der Waals surface area contributed by atoms with Crippen molar-refractivity contribution in [1.29, 1.82) is 0 Å². The smallest absolute Gasteiger partial charge is 0.252 e. The number of carbonyl (C=O) groups is 1. The number of pyridine rings is 1. The van der Waals surface area contributed by atoms with Gasteiger partial charge in [0.1, 0.15) is 5.82 Å². The van der Waals surface area contributed by atoms with Gasteiger partial charge in [-0.05, 0) is 31.2 Å². The minimum atomic E-state index is -0.452. The molecule has 0 radical (unpaired) electrons. The van der Waals surface area contributed by atoms with E-state index >= 15 is 0 Å². The first-order valence-corrected chi connectivity index (χ1v) is 8.17. The molecule has 2 heterocycles. The van der Waals surface area contributed by atoms with Gasteiger partial charge in [0, 0.05) is 44.2 Å². The standard InChI is InChI=1S/C17H21FN4O2/c18-12-2-3-13-14(11-16(23)21-15(13)10-12)17(24)20-4-1-7-22-8-5-19-6-9-22/h2-3,10-11,19H,1,4-9H2,(H,20,24)(H,21,23). The summed E-state index contributed by atoms with van der Waals surface area (Å²) in [5, 5.41) is 6.68. The van der Waals surface area contributed by atoms with Crippen molar-refractivity contribution in [3.63, 3.8) is 0 Å². The first kappa shape index (κ1) is 16.6. The van der Waals surface area contributed by atoms with Crippen LogP contribution in [0.5, 0.6) is 0 Å². The fourth-order valence-electron chi connectivity index (χ4n) is 2.95. The number of H-pyrrole nitrogens is 1. The summed E-state index contributed by atoms with van der Waals surface area (Å²) < 4.78 is 13.3.